The van der Waals surface area contributed by atoms with Crippen LogP contribution < -0.4 is 52.2 Å². The van der Waals surface area contributed by atoms with Crippen LogP contribution in [0.15, 0.2) is 297 Å². The summed E-state index contributed by atoms with van der Waals surface area (Å²) in [5.74, 6) is 1.73. The molecule has 4 heterocycles. The zero-order valence-corrected chi connectivity index (χ0v) is 55.2. The van der Waals surface area contributed by atoms with Gasteiger partial charge in [-0.3, -0.25) is 0 Å². The van der Waals surface area contributed by atoms with E-state index in [0.717, 1.165) is 62.2 Å². The molecule has 0 saturated carbocycles. The maximum absolute atomic E-state index is 7.86. The number of ether oxygens (including phenoxy) is 1. The van der Waals surface area contributed by atoms with Gasteiger partial charge in [0.25, 0.3) is 13.4 Å². The van der Waals surface area contributed by atoms with Crippen LogP contribution in [0.1, 0.15) is 74.9 Å². The van der Waals surface area contributed by atoms with Crippen molar-refractivity contribution in [2.24, 2.45) is 0 Å². The topological polar surface area (TPSA) is 19.0 Å². The highest BCUT2D eigenvalue weighted by molar-refractivity contribution is 7.02. The van der Waals surface area contributed by atoms with E-state index in [0.29, 0.717) is 0 Å². The zero-order valence-electron chi connectivity index (χ0n) is 55.2. The Morgan fingerprint density at radius 1 is 0.309 bits per heavy atom. The summed E-state index contributed by atoms with van der Waals surface area (Å²) in [5.41, 5.74) is 35.0. The maximum Gasteiger partial charge on any atom is 0.256 e. The van der Waals surface area contributed by atoms with Crippen molar-refractivity contribution in [3.8, 4) is 56.0 Å². The van der Waals surface area contributed by atoms with E-state index in [4.69, 9.17) is 4.74 Å². The Morgan fingerprint density at radius 3 is 1.35 bits per heavy atom. The lowest BCUT2D eigenvalue weighted by atomic mass is 9.30. The van der Waals surface area contributed by atoms with Crippen molar-refractivity contribution < 1.29 is 4.74 Å². The molecule has 0 unspecified atom stereocenters. The van der Waals surface area contributed by atoms with Gasteiger partial charge in [-0.1, -0.05) is 260 Å². The first-order chi connectivity index (χ1) is 47.4. The third kappa shape index (κ3) is 7.90. The molecule has 0 atom stereocenters. The van der Waals surface area contributed by atoms with Crippen molar-refractivity contribution in [1.29, 1.82) is 0 Å². The molecule has 14 aromatic carbocycles. The summed E-state index contributed by atoms with van der Waals surface area (Å²) in [6, 6.07) is 113. The Balaban J connectivity index is 0.839. The first kappa shape index (κ1) is 56.1. The molecule has 458 valence electrons. The Bertz CT molecular complexity index is 5590. The summed E-state index contributed by atoms with van der Waals surface area (Å²) in [6.07, 6.45) is 0. The molecule has 0 N–H and O–H groups in total. The number of rotatable bonds is 5. The minimum Gasteiger partial charge on any atom is -0.458 e. The van der Waals surface area contributed by atoms with Gasteiger partial charge >= 0.3 is 0 Å². The van der Waals surface area contributed by atoms with E-state index in [2.05, 4.69) is 353 Å². The molecule has 4 aliphatic heterocycles. The molecule has 6 heteroatoms. The first-order valence-electron chi connectivity index (χ1n) is 34.4. The van der Waals surface area contributed by atoms with Gasteiger partial charge < -0.3 is 19.4 Å². The molecular formula is C91H67B2N3O. The summed E-state index contributed by atoms with van der Waals surface area (Å²) in [4.78, 5) is 7.61. The number of hydrogen-bond acceptors (Lipinski definition) is 4. The second kappa shape index (κ2) is 20.3. The van der Waals surface area contributed by atoms with Gasteiger partial charge in [0.05, 0.1) is 11.1 Å². The fourth-order valence-electron chi connectivity index (χ4n) is 17.9. The van der Waals surface area contributed by atoms with E-state index in [1.807, 2.05) is 0 Å². The fraction of sp³-hybridized carbons (Fsp3) is 0.0989. The second-order valence-corrected chi connectivity index (χ2v) is 29.5. The minimum absolute atomic E-state index is 0.0754. The van der Waals surface area contributed by atoms with Gasteiger partial charge in [-0.05, 0) is 200 Å². The van der Waals surface area contributed by atoms with Crippen molar-refractivity contribution in [2.75, 3.05) is 14.7 Å². The molecule has 97 heavy (non-hydrogen) atoms. The minimum atomic E-state index is -0.509. The molecular weight excluding hydrogens is 1170 g/mol. The van der Waals surface area contributed by atoms with Gasteiger partial charge in [0, 0.05) is 57.0 Å². The maximum atomic E-state index is 7.86. The van der Waals surface area contributed by atoms with E-state index >= 15 is 0 Å². The third-order valence-electron chi connectivity index (χ3n) is 22.1. The van der Waals surface area contributed by atoms with Crippen LogP contribution in [0.3, 0.4) is 0 Å². The molecule has 0 bridgehead atoms. The van der Waals surface area contributed by atoms with Gasteiger partial charge in [-0.2, -0.15) is 0 Å². The zero-order chi connectivity index (χ0) is 64.8. The van der Waals surface area contributed by atoms with Crippen LogP contribution in [0.4, 0.5) is 51.2 Å². The number of anilines is 9. The standard InChI is InChI=1S/C91H67B2N3O/c1-89(2,3)60-48-57(49-61(53-60)90(4,5)6)58-50-81-86-82(51-58)95(63-29-12-8-13-30-63)80-55-83-77(54-76(80)92(86)74-41-22-24-43-78(74)94(81)62-27-10-7-11-28-62)93-75-42-23-25-44-79(75)96(64-31-14-9-15-32-64)88-66-46-45-56(47-59(66)52-84(97-83)87(88)93)65-36-26-37-70-69-35-18-21-40-73(69)91(85(65)70)71-38-19-16-33-67(71)68-34-17-20-39-72(68)91/h7-55H,1-6H3. The predicted molar refractivity (Wildman–Crippen MR) is 408 cm³/mol. The molecule has 0 amide bonds. The molecule has 0 aromatic heterocycles. The number of fused-ring (bicyclic) bond motifs is 20. The molecule has 4 nitrogen and oxygen atoms in total. The summed E-state index contributed by atoms with van der Waals surface area (Å²) in [6.45, 7) is 13.7. The van der Waals surface area contributed by atoms with E-state index in [1.165, 1.54) is 122 Å². The summed E-state index contributed by atoms with van der Waals surface area (Å²) >= 11 is 0. The molecule has 1 spiro atoms. The lowest BCUT2D eigenvalue weighted by Gasteiger charge is -2.45. The van der Waals surface area contributed by atoms with E-state index in [1.54, 1.807) is 0 Å². The van der Waals surface area contributed by atoms with Crippen LogP contribution in [0, 0.1) is 0 Å². The lowest BCUT2D eigenvalue weighted by molar-refractivity contribution is 0.488. The van der Waals surface area contributed by atoms with Crippen molar-refractivity contribution in [2.45, 2.75) is 57.8 Å². The third-order valence-corrected chi connectivity index (χ3v) is 22.1. The van der Waals surface area contributed by atoms with Gasteiger partial charge in [-0.15, -0.1) is 0 Å². The van der Waals surface area contributed by atoms with Crippen LogP contribution in [0.25, 0.3) is 55.3 Å². The van der Waals surface area contributed by atoms with Crippen LogP contribution in [-0.4, -0.2) is 13.4 Å². The molecule has 0 saturated heterocycles. The van der Waals surface area contributed by atoms with Crippen LogP contribution in [0.5, 0.6) is 11.5 Å². The van der Waals surface area contributed by atoms with E-state index in [9.17, 15) is 0 Å². The largest absolute Gasteiger partial charge is 0.458 e. The summed E-state index contributed by atoms with van der Waals surface area (Å²) < 4.78 is 7.86. The summed E-state index contributed by atoms with van der Waals surface area (Å²) in [7, 11) is 0. The molecule has 6 aliphatic rings. The average Bonchev–Trinajstić information content (AvgIpc) is 1.55. The van der Waals surface area contributed by atoms with Crippen LogP contribution >= 0.6 is 0 Å². The van der Waals surface area contributed by atoms with Gasteiger partial charge in [0.15, 0.2) is 0 Å². The van der Waals surface area contributed by atoms with Crippen molar-refractivity contribution in [3.63, 3.8) is 0 Å². The Kier molecular flexibility index (Phi) is 11.8. The fourth-order valence-corrected chi connectivity index (χ4v) is 17.9. The Labute approximate surface area is 568 Å². The number of para-hydroxylation sites is 5. The Morgan fingerprint density at radius 2 is 0.773 bits per heavy atom. The van der Waals surface area contributed by atoms with Gasteiger partial charge in [0.2, 0.25) is 0 Å². The molecule has 20 rings (SSSR count). The van der Waals surface area contributed by atoms with Gasteiger partial charge in [-0.25, -0.2) is 0 Å². The smallest absolute Gasteiger partial charge is 0.256 e. The quantitative estimate of drug-likeness (QED) is 0.160. The first-order valence-corrected chi connectivity index (χ1v) is 34.4. The highest BCUT2D eigenvalue weighted by Crippen LogP contribution is 2.65. The average molecular weight is 1240 g/mol. The molecule has 2 aliphatic carbocycles. The SMILES string of the molecule is CC(C)(C)c1cc(-c2cc3c4c(c2)N(c2ccccc2)c2cc5c(cc2B4c2ccccc2N3c2ccccc2)B2c3ccccc3N(c3ccccc3)c3c2c(cc2cc(-c4cccc6c4C4(c7ccccc7-c7ccccc74)c4ccccc4-6)ccc32)O5)cc(C(C)(C)C)c1. The molecule has 0 fully saturated rings. The van der Waals surface area contributed by atoms with Crippen molar-refractivity contribution in [1.82, 2.24) is 0 Å². The molecule has 0 radical (unpaired) electrons. The highest BCUT2D eigenvalue weighted by atomic mass is 16.5. The highest BCUT2D eigenvalue weighted by Gasteiger charge is 2.53. The number of hydrogen-bond donors (Lipinski definition) is 0. The van der Waals surface area contributed by atoms with E-state index < -0.39 is 5.41 Å². The monoisotopic (exact) mass is 1240 g/mol. The lowest BCUT2D eigenvalue weighted by Crippen LogP contribution is -2.64. The Hall–Kier alpha value is -11.3. The van der Waals surface area contributed by atoms with Crippen molar-refractivity contribution >= 4 is 108 Å². The van der Waals surface area contributed by atoms with E-state index in [-0.39, 0.29) is 24.3 Å². The van der Waals surface area contributed by atoms with Gasteiger partial charge in [0.1, 0.15) is 11.5 Å². The number of nitrogens with zero attached hydrogens (tertiary/aromatic N) is 3. The molecule has 14 aromatic rings. The normalized spacial score (nSPS) is 14.4. The summed E-state index contributed by atoms with van der Waals surface area (Å²) in [5, 5.41) is 2.29. The number of benzene rings is 14. The predicted octanol–water partition coefficient (Wildman–Crippen LogP) is 19.6. The van der Waals surface area contributed by atoms with Crippen molar-refractivity contribution in [3.05, 3.63) is 331 Å². The van der Waals surface area contributed by atoms with Crippen LogP contribution in [0.2, 0.25) is 0 Å². The second-order valence-electron chi connectivity index (χ2n) is 29.5. The van der Waals surface area contributed by atoms with Crippen LogP contribution in [-0.2, 0) is 16.2 Å².